The molecule has 0 spiro atoms. The molecule has 3 rings (SSSR count). The first kappa shape index (κ1) is 20.1. The van der Waals surface area contributed by atoms with Gasteiger partial charge in [0, 0.05) is 44.9 Å². The van der Waals surface area contributed by atoms with Crippen LogP contribution in [0.3, 0.4) is 0 Å². The molecule has 1 unspecified atom stereocenters. The summed E-state index contributed by atoms with van der Waals surface area (Å²) in [5.41, 5.74) is 0.911. The maximum absolute atomic E-state index is 5.76. The molecular weight excluding hydrogens is 435 g/mol. The minimum Gasteiger partial charge on any atom is -0.490 e. The van der Waals surface area contributed by atoms with Crippen LogP contribution in [0.15, 0.2) is 23.2 Å². The number of hydrogen-bond donors (Lipinski definition) is 2. The third-order valence-corrected chi connectivity index (χ3v) is 4.07. The second-order valence-corrected chi connectivity index (χ2v) is 6.05. The van der Waals surface area contributed by atoms with E-state index in [1.807, 2.05) is 18.2 Å². The molecule has 1 saturated heterocycles. The Labute approximate surface area is 166 Å². The van der Waals surface area contributed by atoms with Crippen molar-refractivity contribution in [3.05, 3.63) is 18.2 Å². The van der Waals surface area contributed by atoms with Gasteiger partial charge in [-0.25, -0.2) is 0 Å². The predicted molar refractivity (Wildman–Crippen MR) is 110 cm³/mol. The number of fused-ring (bicyclic) bond motifs is 1. The zero-order valence-electron chi connectivity index (χ0n) is 14.8. The van der Waals surface area contributed by atoms with Crippen molar-refractivity contribution in [1.82, 2.24) is 10.2 Å². The lowest BCUT2D eigenvalue weighted by atomic mass is 10.2. The summed E-state index contributed by atoms with van der Waals surface area (Å²) in [5, 5.41) is 6.60. The maximum Gasteiger partial charge on any atom is 0.195 e. The molecule has 0 amide bonds. The van der Waals surface area contributed by atoms with Crippen molar-refractivity contribution < 1.29 is 14.2 Å². The Morgan fingerprint density at radius 3 is 2.80 bits per heavy atom. The van der Waals surface area contributed by atoms with Gasteiger partial charge in [0.05, 0.1) is 25.9 Å². The standard InChI is InChI=1S/C17H26N4O3.HI/c1-18-17(19-11-14-12-21(2)6-9-22-14)20-13-4-5-15-16(10-13)24-8-3-7-23-15;/h4-5,10,14H,3,6-9,11-12H2,1-2H3,(H2,18,19,20);1H. The van der Waals surface area contributed by atoms with E-state index in [0.29, 0.717) is 25.7 Å². The van der Waals surface area contributed by atoms with Crippen molar-refractivity contribution in [2.24, 2.45) is 4.99 Å². The number of morpholine rings is 1. The fourth-order valence-corrected chi connectivity index (χ4v) is 2.76. The number of guanidine groups is 1. The number of halogens is 1. The van der Waals surface area contributed by atoms with E-state index < -0.39 is 0 Å². The molecule has 2 aliphatic heterocycles. The van der Waals surface area contributed by atoms with E-state index >= 15 is 0 Å². The molecule has 0 bridgehead atoms. The van der Waals surface area contributed by atoms with E-state index in [1.165, 1.54) is 0 Å². The highest BCUT2D eigenvalue weighted by molar-refractivity contribution is 14.0. The summed E-state index contributed by atoms with van der Waals surface area (Å²) >= 11 is 0. The van der Waals surface area contributed by atoms with Gasteiger partial charge < -0.3 is 29.7 Å². The number of nitrogens with zero attached hydrogens (tertiary/aromatic N) is 2. The number of ether oxygens (including phenoxy) is 3. The molecule has 0 radical (unpaired) electrons. The Morgan fingerprint density at radius 2 is 2.04 bits per heavy atom. The summed E-state index contributed by atoms with van der Waals surface area (Å²) in [4.78, 5) is 6.54. The number of anilines is 1. The molecular formula is C17H27IN4O3. The van der Waals surface area contributed by atoms with Gasteiger partial charge in [-0.15, -0.1) is 24.0 Å². The molecule has 2 N–H and O–H groups in total. The summed E-state index contributed by atoms with van der Waals surface area (Å²) in [6.07, 6.45) is 1.07. The Balaban J connectivity index is 0.00000225. The summed E-state index contributed by atoms with van der Waals surface area (Å²) < 4.78 is 17.1. The van der Waals surface area contributed by atoms with E-state index in [4.69, 9.17) is 14.2 Å². The maximum atomic E-state index is 5.76. The Morgan fingerprint density at radius 1 is 1.24 bits per heavy atom. The molecule has 1 fully saturated rings. The fourth-order valence-electron chi connectivity index (χ4n) is 2.76. The van der Waals surface area contributed by atoms with Gasteiger partial charge in [0.15, 0.2) is 17.5 Å². The summed E-state index contributed by atoms with van der Waals surface area (Å²) in [6, 6.07) is 5.83. The van der Waals surface area contributed by atoms with Crippen LogP contribution in [0.2, 0.25) is 0 Å². The van der Waals surface area contributed by atoms with Crippen LogP contribution in [0.4, 0.5) is 5.69 Å². The van der Waals surface area contributed by atoms with Gasteiger partial charge in [-0.1, -0.05) is 0 Å². The molecule has 0 saturated carbocycles. The number of likely N-dealkylation sites (N-methyl/N-ethyl adjacent to an activating group) is 1. The smallest absolute Gasteiger partial charge is 0.195 e. The van der Waals surface area contributed by atoms with Crippen LogP contribution < -0.4 is 20.1 Å². The van der Waals surface area contributed by atoms with Crippen LogP contribution in [0.1, 0.15) is 6.42 Å². The molecule has 2 heterocycles. The second kappa shape index (κ2) is 10.0. The lowest BCUT2D eigenvalue weighted by Gasteiger charge is -2.30. The first-order valence-corrected chi connectivity index (χ1v) is 8.42. The summed E-state index contributed by atoms with van der Waals surface area (Å²) in [6.45, 7) is 4.77. The molecule has 0 aliphatic carbocycles. The molecule has 25 heavy (non-hydrogen) atoms. The Kier molecular flexibility index (Phi) is 8.04. The van der Waals surface area contributed by atoms with Crippen LogP contribution in [0, 0.1) is 0 Å². The van der Waals surface area contributed by atoms with Crippen LogP contribution in [-0.4, -0.2) is 70.5 Å². The van der Waals surface area contributed by atoms with Gasteiger partial charge in [-0.2, -0.15) is 0 Å². The lowest BCUT2D eigenvalue weighted by Crippen LogP contribution is -2.47. The van der Waals surface area contributed by atoms with Crippen molar-refractivity contribution in [2.75, 3.05) is 58.9 Å². The molecule has 1 atom stereocenters. The summed E-state index contributed by atoms with van der Waals surface area (Å²) in [7, 11) is 3.87. The van der Waals surface area contributed by atoms with Crippen molar-refractivity contribution in [1.29, 1.82) is 0 Å². The topological polar surface area (TPSA) is 67.4 Å². The fraction of sp³-hybridized carbons (Fsp3) is 0.588. The highest BCUT2D eigenvalue weighted by Crippen LogP contribution is 2.32. The second-order valence-electron chi connectivity index (χ2n) is 6.05. The van der Waals surface area contributed by atoms with Crippen molar-refractivity contribution in [3.8, 4) is 11.5 Å². The van der Waals surface area contributed by atoms with E-state index in [2.05, 4.69) is 27.6 Å². The first-order chi connectivity index (χ1) is 11.7. The average molecular weight is 462 g/mol. The normalized spacial score (nSPS) is 21.0. The molecule has 7 nitrogen and oxygen atoms in total. The van der Waals surface area contributed by atoms with Crippen LogP contribution in [-0.2, 0) is 4.74 Å². The Hall–Kier alpha value is -1.26. The zero-order valence-corrected chi connectivity index (χ0v) is 17.1. The first-order valence-electron chi connectivity index (χ1n) is 8.42. The van der Waals surface area contributed by atoms with Crippen LogP contribution in [0.5, 0.6) is 11.5 Å². The molecule has 8 heteroatoms. The highest BCUT2D eigenvalue weighted by Gasteiger charge is 2.18. The van der Waals surface area contributed by atoms with Crippen molar-refractivity contribution in [3.63, 3.8) is 0 Å². The quantitative estimate of drug-likeness (QED) is 0.406. The highest BCUT2D eigenvalue weighted by atomic mass is 127. The molecule has 2 aliphatic rings. The van der Waals surface area contributed by atoms with Gasteiger partial charge in [0.25, 0.3) is 0 Å². The monoisotopic (exact) mass is 462 g/mol. The molecule has 140 valence electrons. The number of rotatable bonds is 3. The molecule has 0 aromatic heterocycles. The molecule has 1 aromatic carbocycles. The number of aliphatic imine (C=N–C) groups is 1. The number of hydrogen-bond acceptors (Lipinski definition) is 5. The van der Waals surface area contributed by atoms with E-state index in [-0.39, 0.29) is 30.1 Å². The largest absolute Gasteiger partial charge is 0.490 e. The third kappa shape index (κ3) is 5.89. The molecule has 1 aromatic rings. The summed E-state index contributed by atoms with van der Waals surface area (Å²) in [5.74, 6) is 2.27. The zero-order chi connectivity index (χ0) is 16.8. The minimum absolute atomic E-state index is 0. The van der Waals surface area contributed by atoms with E-state index in [9.17, 15) is 0 Å². The van der Waals surface area contributed by atoms with Crippen LogP contribution in [0.25, 0.3) is 0 Å². The van der Waals surface area contributed by atoms with Gasteiger partial charge in [-0.05, 0) is 19.2 Å². The van der Waals surface area contributed by atoms with Crippen molar-refractivity contribution >= 4 is 35.6 Å². The van der Waals surface area contributed by atoms with Gasteiger partial charge in [0.1, 0.15) is 0 Å². The number of benzene rings is 1. The van der Waals surface area contributed by atoms with E-state index in [0.717, 1.165) is 43.3 Å². The van der Waals surface area contributed by atoms with Gasteiger partial charge in [0.2, 0.25) is 0 Å². The lowest BCUT2D eigenvalue weighted by molar-refractivity contribution is -0.0160. The van der Waals surface area contributed by atoms with Crippen molar-refractivity contribution in [2.45, 2.75) is 12.5 Å². The van der Waals surface area contributed by atoms with Gasteiger partial charge in [-0.3, -0.25) is 4.99 Å². The van der Waals surface area contributed by atoms with Gasteiger partial charge >= 0.3 is 0 Å². The SMILES string of the molecule is CN=C(NCC1CN(C)CCO1)Nc1ccc2c(c1)OCCCO2.I. The minimum atomic E-state index is 0. The average Bonchev–Trinajstić information content (AvgIpc) is 2.83. The van der Waals surface area contributed by atoms with Crippen LogP contribution >= 0.6 is 24.0 Å². The third-order valence-electron chi connectivity index (χ3n) is 4.07. The predicted octanol–water partition coefficient (Wildman–Crippen LogP) is 1.78. The van der Waals surface area contributed by atoms with E-state index in [1.54, 1.807) is 7.05 Å². The number of nitrogens with one attached hydrogen (secondary N) is 2. The Bertz CT molecular complexity index is 585.